The minimum atomic E-state index is -0.498. The van der Waals surface area contributed by atoms with Gasteiger partial charge in [-0.25, -0.2) is 0 Å². The summed E-state index contributed by atoms with van der Waals surface area (Å²) in [4.78, 5) is 43.5. The first kappa shape index (κ1) is 24.7. The van der Waals surface area contributed by atoms with Crippen molar-refractivity contribution in [2.24, 2.45) is 0 Å². The Morgan fingerprint density at radius 2 is 1.65 bits per heavy atom. The minimum Gasteiger partial charge on any atom is -0.378 e. The van der Waals surface area contributed by atoms with E-state index in [1.54, 1.807) is 6.07 Å². The van der Waals surface area contributed by atoms with E-state index in [-0.39, 0.29) is 17.2 Å². The number of anilines is 3. The number of benzene rings is 2. The summed E-state index contributed by atoms with van der Waals surface area (Å²) in [7, 11) is 0. The summed E-state index contributed by atoms with van der Waals surface area (Å²) in [6, 6.07) is 15.6. The number of non-ortho nitro benzene ring substituents is 1. The Morgan fingerprint density at radius 3 is 2.30 bits per heavy atom. The van der Waals surface area contributed by atoms with Gasteiger partial charge < -0.3 is 24.8 Å². The third-order valence-electron chi connectivity index (χ3n) is 6.58. The molecule has 0 unspecified atom stereocenters. The fraction of sp³-hybridized carbons (Fsp3) is 0.308. The van der Waals surface area contributed by atoms with Gasteiger partial charge in [0.15, 0.2) is 0 Å². The Hall–Kier alpha value is -3.96. The van der Waals surface area contributed by atoms with Gasteiger partial charge in [0, 0.05) is 62.8 Å². The van der Waals surface area contributed by atoms with Crippen molar-refractivity contribution in [3.05, 3.63) is 80.5 Å². The van der Waals surface area contributed by atoms with Crippen LogP contribution in [0.2, 0.25) is 0 Å². The van der Waals surface area contributed by atoms with Gasteiger partial charge in [0.25, 0.3) is 17.5 Å². The highest BCUT2D eigenvalue weighted by Crippen LogP contribution is 2.28. The van der Waals surface area contributed by atoms with E-state index in [0.29, 0.717) is 50.8 Å². The Morgan fingerprint density at radius 1 is 0.919 bits per heavy atom. The molecule has 0 atom stereocenters. The lowest BCUT2D eigenvalue weighted by Crippen LogP contribution is -2.48. The molecule has 2 aliphatic heterocycles. The number of carbonyl (C=O) groups is 2. The van der Waals surface area contributed by atoms with E-state index in [4.69, 9.17) is 4.74 Å². The molecule has 0 aliphatic carbocycles. The smallest absolute Gasteiger partial charge is 0.270 e. The molecule has 3 aromatic rings. The second-order valence-corrected chi connectivity index (χ2v) is 9.76. The van der Waals surface area contributed by atoms with Crippen LogP contribution < -0.4 is 15.1 Å². The van der Waals surface area contributed by atoms with Crippen molar-refractivity contribution >= 4 is 45.9 Å². The fourth-order valence-corrected chi connectivity index (χ4v) is 5.27. The number of nitrogens with zero attached hydrogens (tertiary/aromatic N) is 4. The predicted molar refractivity (Wildman–Crippen MR) is 143 cm³/mol. The van der Waals surface area contributed by atoms with Crippen LogP contribution in [0, 0.1) is 10.1 Å². The van der Waals surface area contributed by atoms with Crippen molar-refractivity contribution in [3.8, 4) is 0 Å². The number of nitro groups is 1. The monoisotopic (exact) mass is 521 g/mol. The largest absolute Gasteiger partial charge is 0.378 e. The highest BCUT2D eigenvalue weighted by molar-refractivity contribution is 7.12. The zero-order valence-electron chi connectivity index (χ0n) is 20.2. The topological polar surface area (TPSA) is 108 Å². The van der Waals surface area contributed by atoms with Gasteiger partial charge in [-0.2, -0.15) is 0 Å². The van der Waals surface area contributed by atoms with Crippen molar-refractivity contribution in [3.63, 3.8) is 0 Å². The van der Waals surface area contributed by atoms with Crippen LogP contribution in [0.4, 0.5) is 22.7 Å². The number of thiophene rings is 1. The first-order valence-corrected chi connectivity index (χ1v) is 13.0. The van der Waals surface area contributed by atoms with E-state index < -0.39 is 10.8 Å². The number of amides is 2. The van der Waals surface area contributed by atoms with Crippen molar-refractivity contribution in [1.82, 2.24) is 4.90 Å². The Labute approximate surface area is 218 Å². The first-order valence-electron chi connectivity index (χ1n) is 12.1. The normalized spacial score (nSPS) is 15.9. The maximum Gasteiger partial charge on any atom is 0.270 e. The lowest BCUT2D eigenvalue weighted by atomic mass is 10.1. The number of rotatable bonds is 6. The molecule has 0 spiro atoms. The molecule has 0 bridgehead atoms. The number of carbonyl (C=O) groups excluding carboxylic acids is 2. The summed E-state index contributed by atoms with van der Waals surface area (Å²) < 4.78 is 5.40. The molecule has 1 N–H and O–H groups in total. The van der Waals surface area contributed by atoms with Crippen molar-refractivity contribution in [1.29, 1.82) is 0 Å². The van der Waals surface area contributed by atoms with Crippen LogP contribution in [0.25, 0.3) is 0 Å². The predicted octanol–water partition coefficient (Wildman–Crippen LogP) is 3.71. The van der Waals surface area contributed by atoms with Gasteiger partial charge in [0.2, 0.25) is 0 Å². The number of ether oxygens (including phenoxy) is 1. The van der Waals surface area contributed by atoms with E-state index in [2.05, 4.69) is 10.2 Å². The van der Waals surface area contributed by atoms with Crippen molar-refractivity contribution in [2.45, 2.75) is 0 Å². The quantitative estimate of drug-likeness (QED) is 0.389. The van der Waals surface area contributed by atoms with E-state index in [1.165, 1.54) is 23.5 Å². The Bertz CT molecular complexity index is 1270. The van der Waals surface area contributed by atoms with Gasteiger partial charge in [0.1, 0.15) is 0 Å². The molecule has 0 radical (unpaired) electrons. The number of piperazine rings is 1. The first-order chi connectivity index (χ1) is 18.0. The molecule has 1 aromatic heterocycles. The molecule has 3 heterocycles. The third kappa shape index (κ3) is 5.57. The molecule has 11 heteroatoms. The molecular formula is C26H27N5O5S. The maximum absolute atomic E-state index is 13.2. The number of hydrogen-bond donors (Lipinski definition) is 1. The summed E-state index contributed by atoms with van der Waals surface area (Å²) in [6.45, 7) is 5.03. The van der Waals surface area contributed by atoms with Gasteiger partial charge in [-0.05, 0) is 41.8 Å². The lowest BCUT2D eigenvalue weighted by molar-refractivity contribution is -0.384. The highest BCUT2D eigenvalue weighted by Gasteiger charge is 2.24. The molecule has 37 heavy (non-hydrogen) atoms. The molecule has 0 saturated carbocycles. The number of hydrogen-bond acceptors (Lipinski definition) is 8. The Balaban J connectivity index is 1.24. The van der Waals surface area contributed by atoms with E-state index in [0.717, 1.165) is 23.7 Å². The van der Waals surface area contributed by atoms with E-state index in [1.807, 2.05) is 51.6 Å². The number of nitrogens with one attached hydrogen (secondary N) is 1. The highest BCUT2D eigenvalue weighted by atomic mass is 32.1. The minimum absolute atomic E-state index is 0.0744. The van der Waals surface area contributed by atoms with Crippen LogP contribution in [0.15, 0.2) is 60.0 Å². The molecular weight excluding hydrogens is 494 g/mol. The molecule has 2 amide bonds. The number of nitro benzene ring substituents is 1. The van der Waals surface area contributed by atoms with E-state index in [9.17, 15) is 19.7 Å². The Kier molecular flexibility index (Phi) is 7.33. The van der Waals surface area contributed by atoms with Gasteiger partial charge in [-0.3, -0.25) is 19.7 Å². The summed E-state index contributed by atoms with van der Waals surface area (Å²) in [5.74, 6) is -0.330. The molecule has 2 saturated heterocycles. The standard InChI is InChI=1S/C26H27N5O5S/c32-25(22-18-21(31(34)35)7-8-23(22)29-13-15-36-16-14-29)27-19-3-5-20(6-4-19)28-9-11-30(12-10-28)26(33)24-2-1-17-37-24/h1-8,17-18H,9-16H2,(H,27,32). The van der Waals surface area contributed by atoms with Gasteiger partial charge in [0.05, 0.1) is 34.3 Å². The zero-order valence-corrected chi connectivity index (χ0v) is 21.0. The molecule has 2 fully saturated rings. The van der Waals surface area contributed by atoms with E-state index >= 15 is 0 Å². The van der Waals surface area contributed by atoms with Crippen LogP contribution in [0.1, 0.15) is 20.0 Å². The summed E-state index contributed by atoms with van der Waals surface area (Å²) in [5, 5.41) is 16.1. The van der Waals surface area contributed by atoms with Crippen LogP contribution >= 0.6 is 11.3 Å². The second-order valence-electron chi connectivity index (χ2n) is 8.82. The van der Waals surface area contributed by atoms with Crippen LogP contribution in [0.5, 0.6) is 0 Å². The molecule has 2 aliphatic rings. The molecule has 10 nitrogen and oxygen atoms in total. The van der Waals surface area contributed by atoms with Crippen LogP contribution in [-0.4, -0.2) is 74.1 Å². The van der Waals surface area contributed by atoms with Crippen LogP contribution in [-0.2, 0) is 4.74 Å². The molecule has 5 rings (SSSR count). The number of morpholine rings is 1. The maximum atomic E-state index is 13.2. The summed E-state index contributed by atoms with van der Waals surface area (Å²) in [5.41, 5.74) is 2.38. The fourth-order valence-electron chi connectivity index (χ4n) is 4.58. The average Bonchev–Trinajstić information content (AvgIpc) is 3.48. The van der Waals surface area contributed by atoms with Gasteiger partial charge >= 0.3 is 0 Å². The summed E-state index contributed by atoms with van der Waals surface area (Å²) in [6.07, 6.45) is 0. The summed E-state index contributed by atoms with van der Waals surface area (Å²) >= 11 is 1.46. The third-order valence-corrected chi connectivity index (χ3v) is 7.43. The molecule has 192 valence electrons. The van der Waals surface area contributed by atoms with Gasteiger partial charge in [-0.15, -0.1) is 11.3 Å². The zero-order chi connectivity index (χ0) is 25.8. The second kappa shape index (κ2) is 11.0. The van der Waals surface area contributed by atoms with Crippen molar-refractivity contribution in [2.75, 3.05) is 67.6 Å². The molecule has 2 aromatic carbocycles. The van der Waals surface area contributed by atoms with Crippen LogP contribution in [0.3, 0.4) is 0 Å². The lowest BCUT2D eigenvalue weighted by Gasteiger charge is -2.36. The SMILES string of the molecule is O=C(Nc1ccc(N2CCN(C(=O)c3cccs3)CC2)cc1)c1cc([N+](=O)[O-])ccc1N1CCOCC1. The average molecular weight is 522 g/mol. The van der Waals surface area contributed by atoms with Crippen molar-refractivity contribution < 1.29 is 19.2 Å². The van der Waals surface area contributed by atoms with Gasteiger partial charge in [-0.1, -0.05) is 6.07 Å².